The van der Waals surface area contributed by atoms with Crippen molar-refractivity contribution in [3.05, 3.63) is 40.0 Å². The molecule has 1 fully saturated rings. The molecule has 1 unspecified atom stereocenters. The Morgan fingerprint density at radius 1 is 1.29 bits per heavy atom. The molecular formula is C19H23N3O2. The van der Waals surface area contributed by atoms with E-state index in [2.05, 4.69) is 22.0 Å². The summed E-state index contributed by atoms with van der Waals surface area (Å²) in [6.45, 7) is 2.85. The number of aromatic nitrogens is 2. The molecule has 24 heavy (non-hydrogen) atoms. The molecule has 5 nitrogen and oxygen atoms in total. The number of anilines is 1. The molecule has 2 heterocycles. The largest absolute Gasteiger partial charge is 0.391 e. The molecule has 0 saturated heterocycles. The van der Waals surface area contributed by atoms with Gasteiger partial charge in [0.25, 0.3) is 5.56 Å². The summed E-state index contributed by atoms with van der Waals surface area (Å²) < 4.78 is 1.65. The number of likely N-dealkylation sites (N-methyl/N-ethyl adjacent to an activating group) is 1. The molecule has 2 aliphatic rings. The summed E-state index contributed by atoms with van der Waals surface area (Å²) in [5.41, 5.74) is 3.97. The van der Waals surface area contributed by atoms with Gasteiger partial charge in [-0.25, -0.2) is 4.98 Å². The van der Waals surface area contributed by atoms with E-state index in [0.717, 1.165) is 54.6 Å². The first-order valence-corrected chi connectivity index (χ1v) is 8.68. The lowest BCUT2D eigenvalue weighted by atomic mass is 9.92. The van der Waals surface area contributed by atoms with E-state index < -0.39 is 6.10 Å². The summed E-state index contributed by atoms with van der Waals surface area (Å²) in [4.78, 5) is 19.9. The Bertz CT molecular complexity index is 884. The number of hydrogen-bond donors (Lipinski definition) is 1. The van der Waals surface area contributed by atoms with Crippen molar-refractivity contribution in [1.29, 1.82) is 0 Å². The van der Waals surface area contributed by atoms with E-state index in [1.807, 2.05) is 20.0 Å². The predicted molar refractivity (Wildman–Crippen MR) is 96.6 cm³/mol. The van der Waals surface area contributed by atoms with Gasteiger partial charge in [-0.2, -0.15) is 0 Å². The van der Waals surface area contributed by atoms with E-state index in [4.69, 9.17) is 0 Å². The molecule has 0 radical (unpaired) electrons. The van der Waals surface area contributed by atoms with Crippen LogP contribution in [0.1, 0.15) is 42.9 Å². The summed E-state index contributed by atoms with van der Waals surface area (Å²) >= 11 is 0. The number of hydrogen-bond acceptors (Lipinski definition) is 4. The first-order chi connectivity index (χ1) is 11.6. The molecule has 1 aliphatic carbocycles. The molecule has 2 aromatic rings. The average molecular weight is 325 g/mol. The Morgan fingerprint density at radius 3 is 2.88 bits per heavy atom. The number of benzene rings is 1. The van der Waals surface area contributed by atoms with Crippen LogP contribution in [-0.2, 0) is 0 Å². The third kappa shape index (κ3) is 2.26. The Balaban J connectivity index is 1.94. The molecule has 2 atom stereocenters. The van der Waals surface area contributed by atoms with Crippen LogP contribution in [0.2, 0.25) is 0 Å². The lowest BCUT2D eigenvalue weighted by Crippen LogP contribution is -2.35. The average Bonchev–Trinajstić information content (AvgIpc) is 2.57. The molecule has 1 aromatic carbocycles. The van der Waals surface area contributed by atoms with Crippen molar-refractivity contribution < 1.29 is 5.11 Å². The Kier molecular flexibility index (Phi) is 3.68. The van der Waals surface area contributed by atoms with Gasteiger partial charge in [0.1, 0.15) is 5.52 Å². The second-order valence-corrected chi connectivity index (χ2v) is 7.01. The third-order valence-electron chi connectivity index (χ3n) is 5.39. The zero-order valence-corrected chi connectivity index (χ0v) is 14.2. The maximum Gasteiger partial charge on any atom is 0.261 e. The van der Waals surface area contributed by atoms with Gasteiger partial charge in [0, 0.05) is 19.2 Å². The summed E-state index contributed by atoms with van der Waals surface area (Å²) in [7, 11) is 2.03. The van der Waals surface area contributed by atoms with Crippen molar-refractivity contribution in [1.82, 2.24) is 9.55 Å². The second kappa shape index (κ2) is 5.74. The van der Waals surface area contributed by atoms with Crippen LogP contribution in [0.4, 0.5) is 5.69 Å². The second-order valence-electron chi connectivity index (χ2n) is 7.01. The summed E-state index contributed by atoms with van der Waals surface area (Å²) in [5.74, 6) is 0. The van der Waals surface area contributed by atoms with Gasteiger partial charge in [0.05, 0.1) is 29.5 Å². The number of rotatable bonds is 1. The normalized spacial score (nSPS) is 23.5. The smallest absolute Gasteiger partial charge is 0.261 e. The highest BCUT2D eigenvalue weighted by Crippen LogP contribution is 2.34. The van der Waals surface area contributed by atoms with Crippen LogP contribution in [0.25, 0.3) is 17.0 Å². The summed E-state index contributed by atoms with van der Waals surface area (Å²) in [6, 6.07) is 1.79. The van der Waals surface area contributed by atoms with E-state index >= 15 is 0 Å². The first-order valence-electron chi connectivity index (χ1n) is 8.68. The molecule has 1 aromatic heterocycles. The fourth-order valence-corrected chi connectivity index (χ4v) is 4.08. The molecule has 4 rings (SSSR count). The molecule has 1 aliphatic heterocycles. The number of aliphatic hydroxyl groups excluding tert-OH is 1. The van der Waals surface area contributed by atoms with Crippen molar-refractivity contribution in [2.45, 2.75) is 44.8 Å². The molecule has 0 spiro atoms. The van der Waals surface area contributed by atoms with Crippen molar-refractivity contribution in [3.63, 3.8) is 0 Å². The van der Waals surface area contributed by atoms with E-state index in [-0.39, 0.29) is 11.6 Å². The van der Waals surface area contributed by atoms with Gasteiger partial charge in [-0.15, -0.1) is 0 Å². The zero-order valence-electron chi connectivity index (χ0n) is 14.2. The van der Waals surface area contributed by atoms with Crippen LogP contribution < -0.4 is 10.5 Å². The first kappa shape index (κ1) is 15.4. The predicted octanol–water partition coefficient (Wildman–Crippen LogP) is 2.64. The fraction of sp³-hybridized carbons (Fsp3) is 0.474. The molecule has 0 amide bonds. The highest BCUT2D eigenvalue weighted by molar-refractivity contribution is 5.97. The van der Waals surface area contributed by atoms with Crippen LogP contribution in [0.15, 0.2) is 23.3 Å². The molecule has 1 saturated carbocycles. The maximum absolute atomic E-state index is 13.1. The van der Waals surface area contributed by atoms with E-state index in [0.29, 0.717) is 5.39 Å². The van der Waals surface area contributed by atoms with Gasteiger partial charge in [0.2, 0.25) is 0 Å². The number of nitrogens with zero attached hydrogens (tertiary/aromatic N) is 3. The Morgan fingerprint density at radius 2 is 2.08 bits per heavy atom. The van der Waals surface area contributed by atoms with Crippen LogP contribution in [0.3, 0.4) is 0 Å². The lowest BCUT2D eigenvalue weighted by Gasteiger charge is -2.30. The van der Waals surface area contributed by atoms with Gasteiger partial charge in [-0.3, -0.25) is 9.36 Å². The van der Waals surface area contributed by atoms with Gasteiger partial charge < -0.3 is 10.0 Å². The van der Waals surface area contributed by atoms with Crippen LogP contribution in [0.5, 0.6) is 0 Å². The molecule has 0 bridgehead atoms. The maximum atomic E-state index is 13.1. The zero-order chi connectivity index (χ0) is 16.8. The number of aliphatic hydroxyl groups is 1. The van der Waals surface area contributed by atoms with Gasteiger partial charge >= 0.3 is 0 Å². The van der Waals surface area contributed by atoms with E-state index in [1.54, 1.807) is 10.9 Å². The lowest BCUT2D eigenvalue weighted by molar-refractivity contribution is 0.0735. The fourth-order valence-electron chi connectivity index (χ4n) is 4.08. The molecular weight excluding hydrogens is 302 g/mol. The highest BCUT2D eigenvalue weighted by atomic mass is 16.3. The van der Waals surface area contributed by atoms with Gasteiger partial charge in [-0.1, -0.05) is 25.0 Å². The standard InChI is InChI=1S/C19H23N3O2/c1-12-10-14-17(18-13(12)6-5-9-21(18)2)20-11-22(19(14)24)15-7-3-4-8-16(15)23/h5-6,10-11,15-16,23H,3-4,7-9H2,1-2H3/t15?,16-/m0/s1. The third-order valence-corrected chi connectivity index (χ3v) is 5.39. The molecule has 5 heteroatoms. The molecule has 1 N–H and O–H groups in total. The van der Waals surface area contributed by atoms with Crippen molar-refractivity contribution in [2.24, 2.45) is 0 Å². The monoisotopic (exact) mass is 325 g/mol. The Hall–Kier alpha value is -2.14. The minimum absolute atomic E-state index is 0.0418. The topological polar surface area (TPSA) is 58.4 Å². The van der Waals surface area contributed by atoms with Crippen LogP contribution >= 0.6 is 0 Å². The number of aryl methyl sites for hydroxylation is 1. The van der Waals surface area contributed by atoms with Gasteiger partial charge in [-0.05, 0) is 31.4 Å². The number of fused-ring (bicyclic) bond motifs is 3. The van der Waals surface area contributed by atoms with E-state index in [9.17, 15) is 9.90 Å². The summed E-state index contributed by atoms with van der Waals surface area (Å²) in [6.07, 6.45) is 9.07. The van der Waals surface area contributed by atoms with Crippen molar-refractivity contribution in [3.8, 4) is 0 Å². The van der Waals surface area contributed by atoms with Crippen LogP contribution in [-0.4, -0.2) is 34.4 Å². The highest BCUT2D eigenvalue weighted by Gasteiger charge is 2.27. The van der Waals surface area contributed by atoms with E-state index in [1.165, 1.54) is 0 Å². The quantitative estimate of drug-likeness (QED) is 0.876. The Labute approximate surface area is 141 Å². The van der Waals surface area contributed by atoms with Crippen molar-refractivity contribution in [2.75, 3.05) is 18.5 Å². The summed E-state index contributed by atoms with van der Waals surface area (Å²) in [5, 5.41) is 10.9. The minimum atomic E-state index is -0.458. The minimum Gasteiger partial charge on any atom is -0.391 e. The van der Waals surface area contributed by atoms with Gasteiger partial charge in [0.15, 0.2) is 0 Å². The molecule has 126 valence electrons. The SMILES string of the molecule is Cc1cc2c(=O)n(C3CCCC[C@@H]3O)cnc2c2c1C=CCN2C. The van der Waals surface area contributed by atoms with Crippen molar-refractivity contribution >= 4 is 22.7 Å². The van der Waals surface area contributed by atoms with Crippen LogP contribution in [0, 0.1) is 6.92 Å².